The summed E-state index contributed by atoms with van der Waals surface area (Å²) in [5.74, 6) is -2.24. The van der Waals surface area contributed by atoms with E-state index < -0.39 is 29.7 Å². The molecule has 27 heavy (non-hydrogen) atoms. The monoisotopic (exact) mass is 419 g/mol. The van der Waals surface area contributed by atoms with Gasteiger partial charge in [0.15, 0.2) is 11.5 Å². The second kappa shape index (κ2) is 8.66. The maximum Gasteiger partial charge on any atom is 0.573 e. The van der Waals surface area contributed by atoms with E-state index in [4.69, 9.17) is 10.5 Å². The molecule has 2 rings (SSSR count). The third-order valence-electron chi connectivity index (χ3n) is 3.15. The van der Waals surface area contributed by atoms with Gasteiger partial charge in [0.1, 0.15) is 12.4 Å². The lowest BCUT2D eigenvalue weighted by Gasteiger charge is -2.15. The zero-order chi connectivity index (χ0) is 19.5. The van der Waals surface area contributed by atoms with Crippen LogP contribution in [0.3, 0.4) is 0 Å². The standard InChI is InChI=1S/C16H12F7NO2.ClH/c17-12-8-10(15(18,19)20)2-3-11(12)9-1-4-13(26-16(21,22)23)14(7-9)25-6-5-24;/h1-4,7-8H,5-6,24H2;1H. The van der Waals surface area contributed by atoms with Crippen molar-refractivity contribution in [2.75, 3.05) is 13.2 Å². The summed E-state index contributed by atoms with van der Waals surface area (Å²) in [7, 11) is 0. The fourth-order valence-corrected chi connectivity index (χ4v) is 2.09. The molecule has 0 bridgehead atoms. The summed E-state index contributed by atoms with van der Waals surface area (Å²) in [6.45, 7) is -0.155. The molecule has 0 unspecified atom stereocenters. The highest BCUT2D eigenvalue weighted by molar-refractivity contribution is 5.85. The van der Waals surface area contributed by atoms with Crippen molar-refractivity contribution in [1.82, 2.24) is 0 Å². The van der Waals surface area contributed by atoms with Crippen LogP contribution in [0.1, 0.15) is 5.56 Å². The fourth-order valence-electron chi connectivity index (χ4n) is 2.09. The van der Waals surface area contributed by atoms with Crippen molar-refractivity contribution < 1.29 is 40.2 Å². The molecule has 0 atom stereocenters. The molecule has 0 saturated heterocycles. The first-order valence-corrected chi connectivity index (χ1v) is 7.11. The number of rotatable bonds is 5. The van der Waals surface area contributed by atoms with Gasteiger partial charge in [-0.15, -0.1) is 25.6 Å². The van der Waals surface area contributed by atoms with Crippen LogP contribution in [0.15, 0.2) is 36.4 Å². The van der Waals surface area contributed by atoms with Gasteiger partial charge in [-0.05, 0) is 29.8 Å². The molecule has 0 radical (unpaired) electrons. The average molecular weight is 420 g/mol. The van der Waals surface area contributed by atoms with E-state index in [2.05, 4.69) is 4.74 Å². The minimum absolute atomic E-state index is 0. The van der Waals surface area contributed by atoms with Crippen LogP contribution in [-0.2, 0) is 6.18 Å². The molecule has 2 aromatic carbocycles. The van der Waals surface area contributed by atoms with Crippen molar-refractivity contribution in [1.29, 1.82) is 0 Å². The lowest BCUT2D eigenvalue weighted by molar-refractivity contribution is -0.275. The van der Waals surface area contributed by atoms with E-state index in [1.807, 2.05) is 0 Å². The van der Waals surface area contributed by atoms with Gasteiger partial charge in [0.25, 0.3) is 0 Å². The SMILES string of the molecule is Cl.NCCOc1cc(-c2ccc(C(F)(F)F)cc2F)ccc1OC(F)(F)F. The number of halogens is 8. The predicted molar refractivity (Wildman–Crippen MR) is 85.3 cm³/mol. The molecule has 0 spiro atoms. The highest BCUT2D eigenvalue weighted by Crippen LogP contribution is 2.38. The van der Waals surface area contributed by atoms with Gasteiger partial charge in [-0.2, -0.15) is 13.2 Å². The molecule has 0 amide bonds. The Kier molecular flexibility index (Phi) is 7.32. The van der Waals surface area contributed by atoms with Gasteiger partial charge in [0.05, 0.1) is 5.56 Å². The second-order valence-corrected chi connectivity index (χ2v) is 5.04. The van der Waals surface area contributed by atoms with Crippen LogP contribution in [-0.4, -0.2) is 19.5 Å². The van der Waals surface area contributed by atoms with Crippen molar-refractivity contribution >= 4 is 12.4 Å². The number of benzene rings is 2. The summed E-state index contributed by atoms with van der Waals surface area (Å²) in [5, 5.41) is 0. The van der Waals surface area contributed by atoms with Crippen LogP contribution in [0.4, 0.5) is 30.7 Å². The van der Waals surface area contributed by atoms with E-state index in [9.17, 15) is 30.7 Å². The van der Waals surface area contributed by atoms with Crippen LogP contribution in [0, 0.1) is 5.82 Å². The van der Waals surface area contributed by atoms with Crippen LogP contribution < -0.4 is 15.2 Å². The molecular formula is C16H13ClF7NO2. The van der Waals surface area contributed by atoms with E-state index >= 15 is 0 Å². The molecule has 2 N–H and O–H groups in total. The molecule has 0 aliphatic heterocycles. The molecular weight excluding hydrogens is 407 g/mol. The first-order chi connectivity index (χ1) is 12.0. The summed E-state index contributed by atoms with van der Waals surface area (Å²) in [6.07, 6.45) is -9.71. The Labute approximate surface area is 155 Å². The van der Waals surface area contributed by atoms with E-state index in [0.29, 0.717) is 12.1 Å². The van der Waals surface area contributed by atoms with E-state index in [1.54, 1.807) is 0 Å². The molecule has 0 saturated carbocycles. The number of ether oxygens (including phenoxy) is 2. The third kappa shape index (κ3) is 6.17. The zero-order valence-electron chi connectivity index (χ0n) is 13.3. The van der Waals surface area contributed by atoms with E-state index in [0.717, 1.165) is 24.3 Å². The van der Waals surface area contributed by atoms with Gasteiger partial charge >= 0.3 is 12.5 Å². The quantitative estimate of drug-likeness (QED) is 0.680. The van der Waals surface area contributed by atoms with Gasteiger partial charge in [0, 0.05) is 12.1 Å². The minimum Gasteiger partial charge on any atom is -0.488 e. The lowest BCUT2D eigenvalue weighted by atomic mass is 10.0. The molecule has 0 aromatic heterocycles. The third-order valence-corrected chi connectivity index (χ3v) is 3.15. The Bertz CT molecular complexity index is 778. The van der Waals surface area contributed by atoms with Crippen LogP contribution in [0.5, 0.6) is 11.5 Å². The molecule has 150 valence electrons. The zero-order valence-corrected chi connectivity index (χ0v) is 14.1. The normalized spacial score (nSPS) is 11.7. The van der Waals surface area contributed by atoms with Crippen LogP contribution in [0.25, 0.3) is 11.1 Å². The van der Waals surface area contributed by atoms with Crippen LogP contribution in [0.2, 0.25) is 0 Å². The van der Waals surface area contributed by atoms with Crippen molar-refractivity contribution in [3.05, 3.63) is 47.8 Å². The molecule has 0 aliphatic carbocycles. The first kappa shape index (κ1) is 22.8. The van der Waals surface area contributed by atoms with E-state index in [-0.39, 0.29) is 42.4 Å². The summed E-state index contributed by atoms with van der Waals surface area (Å²) >= 11 is 0. The summed E-state index contributed by atoms with van der Waals surface area (Å²) in [4.78, 5) is 0. The summed E-state index contributed by atoms with van der Waals surface area (Å²) < 4.78 is 98.0. The smallest absolute Gasteiger partial charge is 0.488 e. The summed E-state index contributed by atoms with van der Waals surface area (Å²) in [6, 6.07) is 4.83. The largest absolute Gasteiger partial charge is 0.573 e. The van der Waals surface area contributed by atoms with Crippen molar-refractivity contribution in [3.63, 3.8) is 0 Å². The maximum atomic E-state index is 14.0. The second-order valence-electron chi connectivity index (χ2n) is 5.04. The minimum atomic E-state index is -4.98. The molecule has 11 heteroatoms. The van der Waals surface area contributed by atoms with Gasteiger partial charge in [-0.1, -0.05) is 12.1 Å². The Morgan fingerprint density at radius 3 is 2.07 bits per heavy atom. The van der Waals surface area contributed by atoms with Gasteiger partial charge in [-0.3, -0.25) is 0 Å². The highest BCUT2D eigenvalue weighted by Gasteiger charge is 2.33. The van der Waals surface area contributed by atoms with Gasteiger partial charge in [0.2, 0.25) is 0 Å². The average Bonchev–Trinajstić information content (AvgIpc) is 2.51. The predicted octanol–water partition coefficient (Wildman–Crippen LogP) is 5.17. The fraction of sp³-hybridized carbons (Fsp3) is 0.250. The van der Waals surface area contributed by atoms with Crippen LogP contribution >= 0.6 is 12.4 Å². The Balaban J connectivity index is 0.00000364. The number of alkyl halides is 6. The first-order valence-electron chi connectivity index (χ1n) is 7.11. The van der Waals surface area contributed by atoms with Gasteiger partial charge < -0.3 is 15.2 Å². The van der Waals surface area contributed by atoms with Crippen molar-refractivity contribution in [3.8, 4) is 22.6 Å². The van der Waals surface area contributed by atoms with Crippen molar-refractivity contribution in [2.24, 2.45) is 5.73 Å². The lowest BCUT2D eigenvalue weighted by Crippen LogP contribution is -2.18. The molecule has 0 fully saturated rings. The topological polar surface area (TPSA) is 44.5 Å². The number of hydrogen-bond donors (Lipinski definition) is 1. The summed E-state index contributed by atoms with van der Waals surface area (Å²) in [5.41, 5.74) is 3.82. The van der Waals surface area contributed by atoms with E-state index in [1.165, 1.54) is 0 Å². The van der Waals surface area contributed by atoms with Crippen molar-refractivity contribution in [2.45, 2.75) is 12.5 Å². The Morgan fingerprint density at radius 1 is 0.889 bits per heavy atom. The Hall–Kier alpha value is -2.20. The Morgan fingerprint density at radius 2 is 1.56 bits per heavy atom. The number of hydrogen-bond acceptors (Lipinski definition) is 3. The molecule has 0 heterocycles. The van der Waals surface area contributed by atoms with Gasteiger partial charge in [-0.25, -0.2) is 4.39 Å². The molecule has 3 nitrogen and oxygen atoms in total. The highest BCUT2D eigenvalue weighted by atomic mass is 35.5. The molecule has 0 aliphatic rings. The molecule has 2 aromatic rings. The maximum absolute atomic E-state index is 14.0. The number of nitrogens with two attached hydrogens (primary N) is 1.